The third-order valence-corrected chi connectivity index (χ3v) is 3.94. The smallest absolute Gasteiger partial charge is 0.321 e. The molecule has 0 atom stereocenters. The minimum Gasteiger partial charge on any atom is -0.457 e. The highest BCUT2D eigenvalue weighted by molar-refractivity contribution is 6.04. The first-order valence-corrected chi connectivity index (χ1v) is 8.95. The van der Waals surface area contributed by atoms with Crippen LogP contribution in [0.5, 0.6) is 23.3 Å². The van der Waals surface area contributed by atoms with Crippen LogP contribution in [-0.4, -0.2) is 15.9 Å². The fourth-order valence-electron chi connectivity index (χ4n) is 2.58. The van der Waals surface area contributed by atoms with E-state index in [0.29, 0.717) is 28.5 Å². The fraction of sp³-hybridized carbons (Fsp3) is 0. The molecule has 142 valence electrons. The van der Waals surface area contributed by atoms with Gasteiger partial charge in [0.15, 0.2) is 0 Å². The summed E-state index contributed by atoms with van der Waals surface area (Å²) in [7, 11) is 0. The number of rotatable bonds is 6. The molecule has 4 rings (SSSR count). The average Bonchev–Trinajstić information content (AvgIpc) is 2.77. The number of amides is 1. The van der Waals surface area contributed by atoms with Gasteiger partial charge in [0.25, 0.3) is 5.91 Å². The Bertz CT molecular complexity index is 1090. The summed E-state index contributed by atoms with van der Waals surface area (Å²) >= 11 is 0. The van der Waals surface area contributed by atoms with Crippen LogP contribution < -0.4 is 14.8 Å². The number of aromatic nitrogens is 2. The molecular weight excluding hydrogens is 366 g/mol. The summed E-state index contributed by atoms with van der Waals surface area (Å²) in [5.41, 5.74) is 1.14. The van der Waals surface area contributed by atoms with Crippen LogP contribution in [-0.2, 0) is 0 Å². The summed E-state index contributed by atoms with van der Waals surface area (Å²) in [6.45, 7) is 0. The molecule has 0 aliphatic rings. The maximum Gasteiger partial charge on any atom is 0.321 e. The average molecular weight is 383 g/mol. The summed E-state index contributed by atoms with van der Waals surface area (Å²) in [6.07, 6.45) is 3.21. The fourth-order valence-corrected chi connectivity index (χ4v) is 2.58. The van der Waals surface area contributed by atoms with Gasteiger partial charge in [0.1, 0.15) is 17.2 Å². The van der Waals surface area contributed by atoms with Crippen LogP contribution in [0.3, 0.4) is 0 Å². The molecular formula is C23H17N3O3. The number of nitrogens with zero attached hydrogens (tertiary/aromatic N) is 2. The van der Waals surface area contributed by atoms with Gasteiger partial charge in [-0.25, -0.2) is 9.97 Å². The van der Waals surface area contributed by atoms with Gasteiger partial charge in [0.2, 0.25) is 0 Å². The van der Waals surface area contributed by atoms with Crippen LogP contribution in [0.4, 0.5) is 5.69 Å². The topological polar surface area (TPSA) is 73.3 Å². The van der Waals surface area contributed by atoms with Gasteiger partial charge in [-0.2, -0.15) is 0 Å². The van der Waals surface area contributed by atoms with Crippen molar-refractivity contribution in [2.24, 2.45) is 0 Å². The highest BCUT2D eigenvalue weighted by atomic mass is 16.5. The maximum absolute atomic E-state index is 12.6. The molecule has 6 heteroatoms. The number of ether oxygens (including phenoxy) is 2. The first-order valence-electron chi connectivity index (χ1n) is 8.95. The lowest BCUT2D eigenvalue weighted by atomic mass is 10.2. The van der Waals surface area contributed by atoms with E-state index in [-0.39, 0.29) is 11.9 Å². The second-order valence-corrected chi connectivity index (χ2v) is 6.05. The van der Waals surface area contributed by atoms with E-state index in [1.54, 1.807) is 60.9 Å². The quantitative estimate of drug-likeness (QED) is 0.488. The molecule has 0 spiro atoms. The van der Waals surface area contributed by atoms with Crippen molar-refractivity contribution in [3.05, 3.63) is 103 Å². The van der Waals surface area contributed by atoms with Crippen molar-refractivity contribution in [2.45, 2.75) is 0 Å². The SMILES string of the molecule is O=C(Nc1ccc(Oc2ncccn2)cc1)c1cccc(Oc2ccccc2)c1. The molecule has 0 saturated carbocycles. The second kappa shape index (κ2) is 8.67. The molecule has 1 amide bonds. The number of nitrogens with one attached hydrogen (secondary N) is 1. The van der Waals surface area contributed by atoms with E-state index in [9.17, 15) is 4.79 Å². The van der Waals surface area contributed by atoms with E-state index in [1.165, 1.54) is 0 Å². The molecule has 0 aliphatic heterocycles. The Labute approximate surface area is 167 Å². The van der Waals surface area contributed by atoms with E-state index in [0.717, 1.165) is 0 Å². The molecule has 0 unspecified atom stereocenters. The number of para-hydroxylation sites is 1. The predicted octanol–water partition coefficient (Wildman–Crippen LogP) is 5.31. The Morgan fingerprint density at radius 2 is 1.38 bits per heavy atom. The maximum atomic E-state index is 12.6. The number of carbonyl (C=O) groups is 1. The molecule has 3 aromatic carbocycles. The third-order valence-electron chi connectivity index (χ3n) is 3.94. The van der Waals surface area contributed by atoms with Crippen molar-refractivity contribution in [2.75, 3.05) is 5.32 Å². The zero-order chi connectivity index (χ0) is 19.9. The van der Waals surface area contributed by atoms with Crippen molar-refractivity contribution < 1.29 is 14.3 Å². The van der Waals surface area contributed by atoms with E-state index in [2.05, 4.69) is 15.3 Å². The molecule has 0 fully saturated rings. The number of benzene rings is 3. The summed E-state index contributed by atoms with van der Waals surface area (Å²) in [4.78, 5) is 20.6. The van der Waals surface area contributed by atoms with E-state index in [1.807, 2.05) is 36.4 Å². The van der Waals surface area contributed by atoms with Crippen LogP contribution in [0, 0.1) is 0 Å². The van der Waals surface area contributed by atoms with Crippen LogP contribution in [0.2, 0.25) is 0 Å². The van der Waals surface area contributed by atoms with Crippen molar-refractivity contribution in [1.29, 1.82) is 0 Å². The van der Waals surface area contributed by atoms with Crippen molar-refractivity contribution >= 4 is 11.6 Å². The van der Waals surface area contributed by atoms with Gasteiger partial charge >= 0.3 is 6.01 Å². The molecule has 1 aromatic heterocycles. The second-order valence-electron chi connectivity index (χ2n) is 6.05. The standard InChI is InChI=1S/C23H17N3O3/c27-22(17-6-4-9-21(16-17)28-19-7-2-1-3-8-19)26-18-10-12-20(13-11-18)29-23-24-14-5-15-25-23/h1-16H,(H,26,27). The molecule has 0 radical (unpaired) electrons. The predicted molar refractivity (Wildman–Crippen MR) is 109 cm³/mol. The normalized spacial score (nSPS) is 10.2. The first-order chi connectivity index (χ1) is 14.3. The number of carbonyl (C=O) groups excluding carboxylic acids is 1. The van der Waals surface area contributed by atoms with Crippen LogP contribution in [0.25, 0.3) is 0 Å². The van der Waals surface area contributed by atoms with Gasteiger partial charge in [-0.15, -0.1) is 0 Å². The minimum absolute atomic E-state index is 0.233. The van der Waals surface area contributed by atoms with Gasteiger partial charge in [0.05, 0.1) is 0 Å². The van der Waals surface area contributed by atoms with Crippen molar-refractivity contribution in [3.8, 4) is 23.3 Å². The van der Waals surface area contributed by atoms with E-state index in [4.69, 9.17) is 9.47 Å². The van der Waals surface area contributed by atoms with E-state index >= 15 is 0 Å². The highest BCUT2D eigenvalue weighted by Gasteiger charge is 2.08. The molecule has 6 nitrogen and oxygen atoms in total. The highest BCUT2D eigenvalue weighted by Crippen LogP contribution is 2.23. The number of hydrogen-bond donors (Lipinski definition) is 1. The zero-order valence-corrected chi connectivity index (χ0v) is 15.4. The third kappa shape index (κ3) is 4.95. The lowest BCUT2D eigenvalue weighted by Gasteiger charge is -2.09. The Balaban J connectivity index is 1.40. The number of anilines is 1. The van der Waals surface area contributed by atoms with Crippen LogP contribution in [0.1, 0.15) is 10.4 Å². The minimum atomic E-state index is -0.233. The Hall–Kier alpha value is -4.19. The van der Waals surface area contributed by atoms with Gasteiger partial charge < -0.3 is 14.8 Å². The molecule has 29 heavy (non-hydrogen) atoms. The van der Waals surface area contributed by atoms with Crippen LogP contribution in [0.15, 0.2) is 97.3 Å². The summed E-state index contributed by atoms with van der Waals surface area (Å²) < 4.78 is 11.3. The van der Waals surface area contributed by atoms with Crippen LogP contribution >= 0.6 is 0 Å². The summed E-state index contributed by atoms with van der Waals surface area (Å²) in [5.74, 6) is 1.65. The summed E-state index contributed by atoms with van der Waals surface area (Å²) in [6, 6.07) is 25.4. The zero-order valence-electron chi connectivity index (χ0n) is 15.4. The molecule has 1 heterocycles. The lowest BCUT2D eigenvalue weighted by molar-refractivity contribution is 0.102. The first kappa shape index (κ1) is 18.2. The molecule has 4 aromatic rings. The summed E-state index contributed by atoms with van der Waals surface area (Å²) in [5, 5.41) is 2.86. The Morgan fingerprint density at radius 3 is 2.14 bits per heavy atom. The monoisotopic (exact) mass is 383 g/mol. The van der Waals surface area contributed by atoms with Gasteiger partial charge in [-0.1, -0.05) is 24.3 Å². The molecule has 1 N–H and O–H groups in total. The lowest BCUT2D eigenvalue weighted by Crippen LogP contribution is -2.11. The van der Waals surface area contributed by atoms with Gasteiger partial charge in [0, 0.05) is 23.6 Å². The van der Waals surface area contributed by atoms with Crippen molar-refractivity contribution in [3.63, 3.8) is 0 Å². The van der Waals surface area contributed by atoms with Gasteiger partial charge in [-0.3, -0.25) is 4.79 Å². The Morgan fingerprint density at radius 1 is 0.690 bits per heavy atom. The number of hydrogen-bond acceptors (Lipinski definition) is 5. The molecule has 0 bridgehead atoms. The van der Waals surface area contributed by atoms with E-state index < -0.39 is 0 Å². The largest absolute Gasteiger partial charge is 0.457 e. The molecule has 0 saturated heterocycles. The Kier molecular flexibility index (Phi) is 5.43. The molecule has 0 aliphatic carbocycles. The van der Waals surface area contributed by atoms with Gasteiger partial charge in [-0.05, 0) is 60.7 Å². The van der Waals surface area contributed by atoms with Crippen molar-refractivity contribution in [1.82, 2.24) is 9.97 Å².